The number of rotatable bonds is 2. The zero-order chi connectivity index (χ0) is 13.4. The molecule has 1 aromatic carbocycles. The highest BCUT2D eigenvalue weighted by Crippen LogP contribution is 2.39. The highest BCUT2D eigenvalue weighted by Gasteiger charge is 2.38. The molecule has 0 aromatic heterocycles. The van der Waals surface area contributed by atoms with Gasteiger partial charge in [-0.2, -0.15) is 13.2 Å². The quantitative estimate of drug-likeness (QED) is 0.718. The van der Waals surface area contributed by atoms with Crippen LogP contribution in [0.3, 0.4) is 0 Å². The smallest absolute Gasteiger partial charge is 0.416 e. The number of nitrogen functional groups attached to an aromatic ring is 1. The minimum absolute atomic E-state index is 0.274. The lowest BCUT2D eigenvalue weighted by Gasteiger charge is -2.17. The van der Waals surface area contributed by atoms with E-state index in [9.17, 15) is 23.1 Å². The summed E-state index contributed by atoms with van der Waals surface area (Å²) in [5.74, 6) is -1.83. The van der Waals surface area contributed by atoms with Crippen LogP contribution in [0.15, 0.2) is 12.1 Å². The molecule has 0 amide bonds. The number of aliphatic hydroxyl groups is 1. The van der Waals surface area contributed by atoms with Gasteiger partial charge in [0.05, 0.1) is 5.56 Å². The summed E-state index contributed by atoms with van der Waals surface area (Å²) in [6, 6.07) is 1.46. The Kier molecular flexibility index (Phi) is 3.53. The van der Waals surface area contributed by atoms with Gasteiger partial charge in [-0.3, -0.25) is 0 Å². The maximum Gasteiger partial charge on any atom is 0.416 e. The molecule has 0 saturated carbocycles. The number of halogens is 4. The average molecular weight is 270 g/mol. The molecule has 1 aromatic rings. The molecule has 4 N–H and O–H groups in total. The van der Waals surface area contributed by atoms with Crippen molar-refractivity contribution in [1.82, 2.24) is 0 Å². The number of benzene rings is 1. The number of carbonyl (C=O) groups is 1. The third-order valence-electron chi connectivity index (χ3n) is 1.96. The van der Waals surface area contributed by atoms with E-state index in [4.69, 9.17) is 22.4 Å². The Bertz CT molecular complexity index is 462. The Morgan fingerprint density at radius 3 is 2.35 bits per heavy atom. The molecule has 8 heteroatoms. The molecule has 0 aliphatic carbocycles. The van der Waals surface area contributed by atoms with E-state index in [1.54, 1.807) is 0 Å². The maximum atomic E-state index is 12.6. The van der Waals surface area contributed by atoms with Crippen molar-refractivity contribution in [3.05, 3.63) is 28.3 Å². The zero-order valence-electron chi connectivity index (χ0n) is 8.12. The topological polar surface area (TPSA) is 83.5 Å². The van der Waals surface area contributed by atoms with Crippen molar-refractivity contribution in [2.24, 2.45) is 0 Å². The first-order valence-corrected chi connectivity index (χ1v) is 4.59. The first-order valence-electron chi connectivity index (χ1n) is 4.21. The zero-order valence-corrected chi connectivity index (χ0v) is 8.88. The Morgan fingerprint density at radius 2 is 1.94 bits per heavy atom. The lowest BCUT2D eigenvalue weighted by molar-refractivity contribution is -0.149. The summed E-state index contributed by atoms with van der Waals surface area (Å²) in [7, 11) is 0. The molecule has 1 rings (SSSR count). The number of alkyl halides is 3. The molecule has 0 radical (unpaired) electrons. The molecule has 0 fully saturated rings. The second-order valence-corrected chi connectivity index (χ2v) is 3.61. The van der Waals surface area contributed by atoms with Crippen LogP contribution >= 0.6 is 11.6 Å². The number of anilines is 1. The number of aliphatic carboxylic acids is 1. The number of hydrogen-bond acceptors (Lipinski definition) is 3. The highest BCUT2D eigenvalue weighted by molar-refractivity contribution is 6.32. The summed E-state index contributed by atoms with van der Waals surface area (Å²) >= 11 is 5.48. The average Bonchev–Trinajstić information content (AvgIpc) is 2.14. The second kappa shape index (κ2) is 4.42. The van der Waals surface area contributed by atoms with Crippen LogP contribution in [0, 0.1) is 0 Å². The molecule has 17 heavy (non-hydrogen) atoms. The lowest BCUT2D eigenvalue weighted by atomic mass is 10.0. The molecule has 1 atom stereocenters. The molecule has 94 valence electrons. The van der Waals surface area contributed by atoms with E-state index >= 15 is 0 Å². The molecule has 0 spiro atoms. The number of hydrogen-bond donors (Lipinski definition) is 3. The fourth-order valence-corrected chi connectivity index (χ4v) is 1.61. The molecule has 1 unspecified atom stereocenters. The van der Waals surface area contributed by atoms with Gasteiger partial charge >= 0.3 is 12.1 Å². The number of nitrogens with two attached hydrogens (primary N) is 1. The van der Waals surface area contributed by atoms with Crippen molar-refractivity contribution in [2.75, 3.05) is 5.73 Å². The first-order chi connectivity index (χ1) is 7.64. The van der Waals surface area contributed by atoms with E-state index in [1.165, 1.54) is 0 Å². The van der Waals surface area contributed by atoms with E-state index in [0.717, 1.165) is 6.07 Å². The van der Waals surface area contributed by atoms with Gasteiger partial charge in [-0.15, -0.1) is 0 Å². The molecule has 0 aliphatic heterocycles. The van der Waals surface area contributed by atoms with Crippen molar-refractivity contribution in [3.8, 4) is 0 Å². The van der Waals surface area contributed by atoms with Crippen LogP contribution in [-0.4, -0.2) is 16.2 Å². The lowest BCUT2D eigenvalue weighted by Crippen LogP contribution is -2.18. The molecule has 0 heterocycles. The largest absolute Gasteiger partial charge is 0.479 e. The van der Waals surface area contributed by atoms with Crippen LogP contribution in [0.5, 0.6) is 0 Å². The Hall–Kier alpha value is -1.47. The molecule has 0 bridgehead atoms. The van der Waals surface area contributed by atoms with Gasteiger partial charge in [0.25, 0.3) is 0 Å². The SMILES string of the molecule is Nc1cc(Cl)c(C(O)C(=O)O)c(C(F)(F)F)c1. The third-order valence-corrected chi connectivity index (χ3v) is 2.28. The van der Waals surface area contributed by atoms with Crippen molar-refractivity contribution >= 4 is 23.3 Å². The Balaban J connectivity index is 3.52. The van der Waals surface area contributed by atoms with E-state index in [0.29, 0.717) is 6.07 Å². The van der Waals surface area contributed by atoms with Crippen molar-refractivity contribution in [3.63, 3.8) is 0 Å². The number of carboxylic acids is 1. The van der Waals surface area contributed by atoms with Crippen LogP contribution in [0.2, 0.25) is 5.02 Å². The predicted octanol–water partition coefficient (Wildman–Crippen LogP) is 2.06. The monoisotopic (exact) mass is 269 g/mol. The fraction of sp³-hybridized carbons (Fsp3) is 0.222. The van der Waals surface area contributed by atoms with Crippen molar-refractivity contribution in [2.45, 2.75) is 12.3 Å². The van der Waals surface area contributed by atoms with Crippen LogP contribution < -0.4 is 5.73 Å². The van der Waals surface area contributed by atoms with Crippen LogP contribution in [0.1, 0.15) is 17.2 Å². The minimum atomic E-state index is -4.86. The molecule has 4 nitrogen and oxygen atoms in total. The maximum absolute atomic E-state index is 12.6. The second-order valence-electron chi connectivity index (χ2n) is 3.20. The van der Waals surface area contributed by atoms with Crippen LogP contribution in [0.4, 0.5) is 18.9 Å². The van der Waals surface area contributed by atoms with E-state index in [2.05, 4.69) is 0 Å². The summed E-state index contributed by atoms with van der Waals surface area (Å²) in [6.07, 6.45) is -7.22. The summed E-state index contributed by atoms with van der Waals surface area (Å²) in [5.41, 5.74) is 2.63. The van der Waals surface area contributed by atoms with Gasteiger partial charge in [0.15, 0.2) is 6.10 Å². The predicted molar refractivity (Wildman–Crippen MR) is 53.5 cm³/mol. The van der Waals surface area contributed by atoms with Crippen molar-refractivity contribution in [1.29, 1.82) is 0 Å². The fourth-order valence-electron chi connectivity index (χ4n) is 1.27. The van der Waals surface area contributed by atoms with Gasteiger partial charge in [-0.05, 0) is 12.1 Å². The Labute approximate surface area is 98.4 Å². The number of carboxylic acid groups (broad SMARTS) is 1. The normalized spacial score (nSPS) is 13.5. The molecular weight excluding hydrogens is 263 g/mol. The van der Waals surface area contributed by atoms with Gasteiger partial charge in [-0.1, -0.05) is 11.6 Å². The first kappa shape index (κ1) is 13.6. The number of aliphatic hydroxyl groups excluding tert-OH is 1. The highest BCUT2D eigenvalue weighted by atomic mass is 35.5. The van der Waals surface area contributed by atoms with Crippen LogP contribution in [-0.2, 0) is 11.0 Å². The van der Waals surface area contributed by atoms with Gasteiger partial charge in [0.2, 0.25) is 0 Å². The van der Waals surface area contributed by atoms with E-state index in [1.807, 2.05) is 0 Å². The summed E-state index contributed by atoms with van der Waals surface area (Å²) < 4.78 is 37.8. The third kappa shape index (κ3) is 2.80. The van der Waals surface area contributed by atoms with Gasteiger partial charge in [-0.25, -0.2) is 4.79 Å². The minimum Gasteiger partial charge on any atom is -0.479 e. The Morgan fingerprint density at radius 1 is 1.41 bits per heavy atom. The van der Waals surface area contributed by atoms with Crippen LogP contribution in [0.25, 0.3) is 0 Å². The van der Waals surface area contributed by atoms with Gasteiger partial charge in [0, 0.05) is 16.3 Å². The summed E-state index contributed by atoms with van der Waals surface area (Å²) in [6.45, 7) is 0. The van der Waals surface area contributed by atoms with E-state index < -0.39 is 34.4 Å². The summed E-state index contributed by atoms with van der Waals surface area (Å²) in [4.78, 5) is 10.5. The van der Waals surface area contributed by atoms with Gasteiger partial charge < -0.3 is 15.9 Å². The van der Waals surface area contributed by atoms with Gasteiger partial charge in [0.1, 0.15) is 0 Å². The standard InChI is InChI=1S/C9H7ClF3NO3/c10-5-2-3(14)1-4(9(11,12)13)6(5)7(15)8(16)17/h1-2,7,15H,14H2,(H,16,17). The van der Waals surface area contributed by atoms with E-state index in [-0.39, 0.29) is 5.69 Å². The molecular formula is C9H7ClF3NO3. The molecule has 0 saturated heterocycles. The molecule has 0 aliphatic rings. The summed E-state index contributed by atoms with van der Waals surface area (Å²) in [5, 5.41) is 17.2. The van der Waals surface area contributed by atoms with Crippen molar-refractivity contribution < 1.29 is 28.2 Å².